The molecule has 4 rings (SSSR count). The maximum Gasteiger partial charge on any atom is 0.300 e. The van der Waals surface area contributed by atoms with Crippen LogP contribution in [-0.2, 0) is 16.6 Å². The Morgan fingerprint density at radius 2 is 1.83 bits per heavy atom. The zero-order chi connectivity index (χ0) is 25.3. The summed E-state index contributed by atoms with van der Waals surface area (Å²) in [6.07, 6.45) is 0.596. The van der Waals surface area contributed by atoms with Crippen molar-refractivity contribution in [3.8, 4) is 0 Å². The number of carbonyl (C=O) groups is 1. The number of carbonyl (C=O) groups excluding carboxylic acids is 1. The Bertz CT molecular complexity index is 1560. The first kappa shape index (κ1) is 24.4. The number of nitrogens with one attached hydrogen (secondary N) is 3. The highest BCUT2D eigenvalue weighted by atomic mass is 32.2. The summed E-state index contributed by atoms with van der Waals surface area (Å²) in [5.41, 5.74) is 4.50. The molecule has 0 fully saturated rings. The molecule has 2 aromatic heterocycles. The van der Waals surface area contributed by atoms with Crippen LogP contribution < -0.4 is 20.5 Å². The first-order valence-electron chi connectivity index (χ1n) is 9.99. The number of halogens is 3. The maximum atomic E-state index is 15.1. The van der Waals surface area contributed by atoms with Crippen LogP contribution in [-0.4, -0.2) is 26.4 Å². The van der Waals surface area contributed by atoms with Crippen LogP contribution in [0.1, 0.15) is 21.5 Å². The molecular weight excluding hydrogens is 503 g/mol. The Morgan fingerprint density at radius 3 is 2.54 bits per heavy atom. The van der Waals surface area contributed by atoms with Gasteiger partial charge in [-0.1, -0.05) is 0 Å². The zero-order valence-corrected chi connectivity index (χ0v) is 19.7. The lowest BCUT2D eigenvalue weighted by Crippen LogP contribution is -2.27. The van der Waals surface area contributed by atoms with E-state index in [-0.39, 0.29) is 16.7 Å². The number of pyridine rings is 1. The summed E-state index contributed by atoms with van der Waals surface area (Å²) in [5, 5.41) is 5.46. The Labute approximate surface area is 202 Å². The lowest BCUT2D eigenvalue weighted by atomic mass is 10.00. The second kappa shape index (κ2) is 9.52. The highest BCUT2D eigenvalue weighted by Gasteiger charge is 2.23. The van der Waals surface area contributed by atoms with Crippen molar-refractivity contribution in [1.82, 2.24) is 9.71 Å². The average Bonchev–Trinajstić information content (AvgIpc) is 3.29. The van der Waals surface area contributed by atoms with Gasteiger partial charge in [0.15, 0.2) is 23.3 Å². The molecule has 0 saturated carbocycles. The Kier molecular flexibility index (Phi) is 6.65. The normalized spacial score (nSPS) is 11.5. The van der Waals surface area contributed by atoms with E-state index in [9.17, 15) is 17.6 Å². The van der Waals surface area contributed by atoms with Gasteiger partial charge in [0.2, 0.25) is 0 Å². The third-order valence-electron chi connectivity index (χ3n) is 5.12. The monoisotopic (exact) mass is 521 g/mol. The number of hydrogen-bond acceptors (Lipinski definition) is 6. The minimum absolute atomic E-state index is 0.189. The van der Waals surface area contributed by atoms with Crippen molar-refractivity contribution in [2.45, 2.75) is 6.42 Å². The summed E-state index contributed by atoms with van der Waals surface area (Å²) in [6, 6.07) is 9.21. The van der Waals surface area contributed by atoms with Gasteiger partial charge in [0, 0.05) is 30.1 Å². The molecule has 0 radical (unpaired) electrons. The summed E-state index contributed by atoms with van der Waals surface area (Å²) < 4.78 is 73.1. The van der Waals surface area contributed by atoms with Gasteiger partial charge in [-0.3, -0.25) is 9.52 Å². The highest BCUT2D eigenvalue weighted by Crippen LogP contribution is 2.32. The molecule has 5 N–H and O–H groups in total. The van der Waals surface area contributed by atoms with Crippen molar-refractivity contribution in [2.75, 3.05) is 17.1 Å². The number of fused-ring (bicyclic) bond motifs is 1. The molecule has 13 heteroatoms. The molecule has 8 nitrogen and oxygen atoms in total. The van der Waals surface area contributed by atoms with E-state index in [2.05, 4.69) is 10.3 Å². The number of aromatic nitrogens is 1. The van der Waals surface area contributed by atoms with E-state index in [1.54, 1.807) is 18.2 Å². The molecule has 35 heavy (non-hydrogen) atoms. The standard InChI is InChI=1S/C22H18F3N5O3S2/c1-27-35(32,33)30-22-18(24)12(4-6-28-22)8-13-10-15(21(26)31)20(19(25)17(13)23)29-14-2-3-16-11(9-14)5-7-34-16/h2-7,9-10,27,29H,8H2,1H3,(H2,26,31)(H,28,30). The van der Waals surface area contributed by atoms with E-state index in [0.717, 1.165) is 29.4 Å². The second-order valence-corrected chi connectivity index (χ2v) is 9.93. The first-order chi connectivity index (χ1) is 16.6. The van der Waals surface area contributed by atoms with E-state index in [1.807, 2.05) is 20.9 Å². The molecule has 0 spiro atoms. The summed E-state index contributed by atoms with van der Waals surface area (Å²) in [6.45, 7) is 0. The molecule has 4 aromatic rings. The largest absolute Gasteiger partial charge is 0.366 e. The fourth-order valence-corrected chi connectivity index (χ4v) is 4.66. The van der Waals surface area contributed by atoms with E-state index in [4.69, 9.17) is 5.73 Å². The number of amides is 1. The van der Waals surface area contributed by atoms with Gasteiger partial charge in [0.1, 0.15) is 0 Å². The predicted octanol–water partition coefficient (Wildman–Crippen LogP) is 4.02. The van der Waals surface area contributed by atoms with Gasteiger partial charge in [-0.05, 0) is 58.3 Å². The second-order valence-electron chi connectivity index (χ2n) is 7.37. The lowest BCUT2D eigenvalue weighted by Gasteiger charge is -2.16. The first-order valence-corrected chi connectivity index (χ1v) is 12.4. The van der Waals surface area contributed by atoms with E-state index in [1.165, 1.54) is 17.4 Å². The molecule has 0 atom stereocenters. The molecule has 2 heterocycles. The third-order valence-corrected chi connectivity index (χ3v) is 7.02. The maximum absolute atomic E-state index is 15.1. The molecule has 0 aliphatic carbocycles. The van der Waals surface area contributed by atoms with Gasteiger partial charge >= 0.3 is 0 Å². The molecule has 2 aromatic carbocycles. The van der Waals surface area contributed by atoms with Gasteiger partial charge in [-0.15, -0.1) is 11.3 Å². The van der Waals surface area contributed by atoms with Crippen LogP contribution in [0, 0.1) is 17.5 Å². The van der Waals surface area contributed by atoms with E-state index >= 15 is 8.78 Å². The predicted molar refractivity (Wildman–Crippen MR) is 129 cm³/mol. The van der Waals surface area contributed by atoms with Crippen LogP contribution in [0.25, 0.3) is 10.1 Å². The van der Waals surface area contributed by atoms with Crippen molar-refractivity contribution in [2.24, 2.45) is 5.73 Å². The van der Waals surface area contributed by atoms with Gasteiger partial charge in [0.25, 0.3) is 16.1 Å². The van der Waals surface area contributed by atoms with Crippen LogP contribution in [0.15, 0.2) is 48.0 Å². The molecular formula is C22H18F3N5O3S2. The number of nitrogens with two attached hydrogens (primary N) is 1. The van der Waals surface area contributed by atoms with Crippen molar-refractivity contribution < 1.29 is 26.4 Å². The summed E-state index contributed by atoms with van der Waals surface area (Å²) in [4.78, 5) is 15.7. The molecule has 0 aliphatic heterocycles. The Morgan fingerprint density at radius 1 is 1.06 bits per heavy atom. The minimum Gasteiger partial charge on any atom is -0.366 e. The topological polar surface area (TPSA) is 126 Å². The van der Waals surface area contributed by atoms with Crippen molar-refractivity contribution in [1.29, 1.82) is 0 Å². The molecule has 0 bridgehead atoms. The molecule has 182 valence electrons. The summed E-state index contributed by atoms with van der Waals surface area (Å²) in [7, 11) is -2.96. The fraction of sp³-hybridized carbons (Fsp3) is 0.0909. The number of rotatable bonds is 8. The van der Waals surface area contributed by atoms with Gasteiger partial charge in [0.05, 0.1) is 11.3 Å². The van der Waals surface area contributed by atoms with E-state index < -0.39 is 51.5 Å². The quantitative estimate of drug-likeness (QED) is 0.279. The fourth-order valence-electron chi connectivity index (χ4n) is 3.39. The van der Waals surface area contributed by atoms with Crippen LogP contribution in [0.2, 0.25) is 0 Å². The number of thiophene rings is 1. The van der Waals surface area contributed by atoms with Crippen LogP contribution in [0.3, 0.4) is 0 Å². The number of primary amides is 1. The van der Waals surface area contributed by atoms with Crippen LogP contribution >= 0.6 is 11.3 Å². The number of benzene rings is 2. The zero-order valence-electron chi connectivity index (χ0n) is 18.0. The number of nitrogens with zero attached hydrogens (tertiary/aromatic N) is 1. The highest BCUT2D eigenvalue weighted by molar-refractivity contribution is 7.90. The van der Waals surface area contributed by atoms with Gasteiger partial charge in [-0.2, -0.15) is 8.42 Å². The van der Waals surface area contributed by atoms with Gasteiger partial charge in [-0.25, -0.2) is 22.9 Å². The van der Waals surface area contributed by atoms with Gasteiger partial charge < -0.3 is 11.1 Å². The average molecular weight is 522 g/mol. The lowest BCUT2D eigenvalue weighted by molar-refractivity contribution is 0.100. The third kappa shape index (κ3) is 5.06. The van der Waals surface area contributed by atoms with Crippen LogP contribution in [0.4, 0.5) is 30.4 Å². The summed E-state index contributed by atoms with van der Waals surface area (Å²) >= 11 is 1.51. The molecule has 1 amide bonds. The van der Waals surface area contributed by atoms with Crippen molar-refractivity contribution in [3.63, 3.8) is 0 Å². The van der Waals surface area contributed by atoms with Crippen molar-refractivity contribution >= 4 is 54.7 Å². The summed E-state index contributed by atoms with van der Waals surface area (Å²) in [5.74, 6) is -5.43. The smallest absolute Gasteiger partial charge is 0.300 e. The van der Waals surface area contributed by atoms with E-state index in [0.29, 0.717) is 5.69 Å². The molecule has 0 saturated heterocycles. The molecule has 0 aliphatic rings. The Balaban J connectivity index is 1.72. The number of hydrogen-bond donors (Lipinski definition) is 4. The molecule has 0 unspecified atom stereocenters. The Hall–Kier alpha value is -3.68. The number of anilines is 3. The minimum atomic E-state index is -4.07. The van der Waals surface area contributed by atoms with Crippen LogP contribution in [0.5, 0.6) is 0 Å². The SMILES string of the molecule is CNS(=O)(=O)Nc1nccc(Cc2cc(C(N)=O)c(Nc3ccc4sccc4c3)c(F)c2F)c1F. The van der Waals surface area contributed by atoms with Crippen molar-refractivity contribution in [3.05, 3.63) is 82.1 Å².